The van der Waals surface area contributed by atoms with E-state index in [1.807, 2.05) is 0 Å². The fourth-order valence-corrected chi connectivity index (χ4v) is 0.768. The molecule has 0 atom stereocenters. The molecule has 0 radical (unpaired) electrons. The van der Waals surface area contributed by atoms with E-state index in [1.54, 1.807) is 0 Å². The Labute approximate surface area is 67.4 Å². The number of nitrogens with zero attached hydrogens (tertiary/aromatic N) is 1. The van der Waals surface area contributed by atoms with Crippen LogP contribution in [0.1, 0.15) is 0 Å². The van der Waals surface area contributed by atoms with Crippen molar-refractivity contribution in [2.75, 3.05) is 7.11 Å². The van der Waals surface area contributed by atoms with Crippen LogP contribution in [-0.4, -0.2) is 17.2 Å². The minimum absolute atomic E-state index is 0.287. The quantitative estimate of drug-likeness (QED) is 0.663. The zero-order chi connectivity index (χ0) is 8.43. The molecule has 0 aliphatic carbocycles. The van der Waals surface area contributed by atoms with E-state index in [2.05, 4.69) is 9.72 Å². The summed E-state index contributed by atoms with van der Waals surface area (Å²) < 4.78 is 17.3. The lowest BCUT2D eigenvalue weighted by Crippen LogP contribution is -1.91. The predicted octanol–water partition coefficient (Wildman–Crippen LogP) is 1.59. The molecule has 0 saturated carbocycles. The van der Waals surface area contributed by atoms with Gasteiger partial charge in [-0.1, -0.05) is 11.6 Å². The number of methoxy groups -OCH3 is 1. The van der Waals surface area contributed by atoms with Crippen molar-refractivity contribution in [3.8, 4) is 11.5 Å². The molecule has 60 valence electrons. The third-order valence-electron chi connectivity index (χ3n) is 1.12. The third kappa shape index (κ3) is 1.35. The standard InChI is InChI=1S/C6H5ClFNO2/c1-11-5-3(10)2-9-6(7)4(5)8/h2,10H,1H3. The van der Waals surface area contributed by atoms with Gasteiger partial charge in [0.25, 0.3) is 0 Å². The molecule has 0 aliphatic rings. The smallest absolute Gasteiger partial charge is 0.206 e. The second-order valence-electron chi connectivity index (χ2n) is 1.78. The van der Waals surface area contributed by atoms with Crippen molar-refractivity contribution in [1.29, 1.82) is 0 Å². The van der Waals surface area contributed by atoms with Crippen LogP contribution in [0.25, 0.3) is 0 Å². The van der Waals surface area contributed by atoms with Crippen molar-refractivity contribution < 1.29 is 14.2 Å². The molecule has 5 heteroatoms. The van der Waals surface area contributed by atoms with Gasteiger partial charge in [-0.3, -0.25) is 0 Å². The largest absolute Gasteiger partial charge is 0.503 e. The highest BCUT2D eigenvalue weighted by molar-refractivity contribution is 6.29. The Kier molecular flexibility index (Phi) is 2.14. The van der Waals surface area contributed by atoms with Gasteiger partial charge in [-0.25, -0.2) is 4.98 Å². The Morgan fingerprint density at radius 1 is 1.73 bits per heavy atom. The molecular formula is C6H5ClFNO2. The normalized spacial score (nSPS) is 9.73. The van der Waals surface area contributed by atoms with Gasteiger partial charge in [-0.15, -0.1) is 0 Å². The molecule has 0 aromatic carbocycles. The molecule has 1 aromatic heterocycles. The summed E-state index contributed by atoms with van der Waals surface area (Å²) >= 11 is 5.29. The SMILES string of the molecule is COc1c(O)cnc(Cl)c1F. The fourth-order valence-electron chi connectivity index (χ4n) is 0.633. The van der Waals surface area contributed by atoms with Crippen LogP contribution in [0.15, 0.2) is 6.20 Å². The first kappa shape index (κ1) is 8.07. The summed E-state index contributed by atoms with van der Waals surface area (Å²) in [5.74, 6) is -1.51. The van der Waals surface area contributed by atoms with Gasteiger partial charge in [-0.2, -0.15) is 4.39 Å². The van der Waals surface area contributed by atoms with Crippen molar-refractivity contribution in [3.05, 3.63) is 17.2 Å². The molecule has 0 unspecified atom stereocenters. The molecule has 3 nitrogen and oxygen atoms in total. The lowest BCUT2D eigenvalue weighted by molar-refractivity contribution is 0.349. The average Bonchev–Trinajstić information content (AvgIpc) is 1.99. The first-order chi connectivity index (χ1) is 5.16. The van der Waals surface area contributed by atoms with Crippen LogP contribution in [0.4, 0.5) is 4.39 Å². The summed E-state index contributed by atoms with van der Waals surface area (Å²) in [4.78, 5) is 3.35. The Bertz CT molecular complexity index is 280. The lowest BCUT2D eigenvalue weighted by atomic mass is 10.4. The molecule has 0 bridgehead atoms. The topological polar surface area (TPSA) is 42.4 Å². The number of ether oxygens (including phenoxy) is 1. The number of aromatic nitrogens is 1. The molecule has 11 heavy (non-hydrogen) atoms. The molecule has 1 aromatic rings. The summed E-state index contributed by atoms with van der Waals surface area (Å²) in [7, 11) is 1.23. The van der Waals surface area contributed by atoms with Crippen molar-refractivity contribution >= 4 is 11.6 Å². The summed E-state index contributed by atoms with van der Waals surface area (Å²) in [6, 6.07) is 0. The number of hydrogen-bond donors (Lipinski definition) is 1. The lowest BCUT2D eigenvalue weighted by Gasteiger charge is -2.03. The molecule has 0 aliphatic heterocycles. The zero-order valence-corrected chi connectivity index (χ0v) is 6.39. The second-order valence-corrected chi connectivity index (χ2v) is 2.14. The van der Waals surface area contributed by atoms with E-state index in [1.165, 1.54) is 7.11 Å². The van der Waals surface area contributed by atoms with Gasteiger partial charge in [0, 0.05) is 0 Å². The van der Waals surface area contributed by atoms with Crippen molar-refractivity contribution in [2.45, 2.75) is 0 Å². The van der Waals surface area contributed by atoms with Crippen LogP contribution in [0.2, 0.25) is 5.15 Å². The van der Waals surface area contributed by atoms with Gasteiger partial charge in [-0.05, 0) is 0 Å². The number of halogens is 2. The zero-order valence-electron chi connectivity index (χ0n) is 5.64. The van der Waals surface area contributed by atoms with Gasteiger partial charge in [0.15, 0.2) is 10.9 Å². The minimum Gasteiger partial charge on any atom is -0.503 e. The second kappa shape index (κ2) is 2.92. The average molecular weight is 178 g/mol. The molecule has 0 saturated heterocycles. The molecule has 0 fully saturated rings. The van der Waals surface area contributed by atoms with E-state index in [-0.39, 0.29) is 16.7 Å². The van der Waals surface area contributed by atoms with E-state index < -0.39 is 5.82 Å². The number of rotatable bonds is 1. The van der Waals surface area contributed by atoms with Crippen LogP contribution >= 0.6 is 11.6 Å². The van der Waals surface area contributed by atoms with Gasteiger partial charge in [0.05, 0.1) is 13.3 Å². The Morgan fingerprint density at radius 3 is 2.82 bits per heavy atom. The monoisotopic (exact) mass is 177 g/mol. The van der Waals surface area contributed by atoms with Crippen LogP contribution in [0.5, 0.6) is 11.5 Å². The van der Waals surface area contributed by atoms with E-state index in [0.717, 1.165) is 6.20 Å². The molecule has 1 rings (SSSR count). The van der Waals surface area contributed by atoms with E-state index >= 15 is 0 Å². The van der Waals surface area contributed by atoms with E-state index in [0.29, 0.717) is 0 Å². The van der Waals surface area contributed by atoms with Crippen molar-refractivity contribution in [3.63, 3.8) is 0 Å². The van der Waals surface area contributed by atoms with Crippen LogP contribution in [-0.2, 0) is 0 Å². The van der Waals surface area contributed by atoms with Gasteiger partial charge < -0.3 is 9.84 Å². The maximum absolute atomic E-state index is 12.8. The molecule has 0 amide bonds. The maximum Gasteiger partial charge on any atom is 0.206 e. The third-order valence-corrected chi connectivity index (χ3v) is 1.38. The molecule has 1 heterocycles. The molecule has 1 N–H and O–H groups in total. The van der Waals surface area contributed by atoms with Crippen LogP contribution < -0.4 is 4.74 Å². The summed E-state index contributed by atoms with van der Waals surface area (Å²) in [5, 5.41) is 8.61. The minimum atomic E-state index is -0.853. The van der Waals surface area contributed by atoms with Gasteiger partial charge >= 0.3 is 0 Å². The number of aromatic hydroxyl groups is 1. The predicted molar refractivity (Wildman–Crippen MR) is 37.4 cm³/mol. The Hall–Kier alpha value is -1.03. The summed E-state index contributed by atoms with van der Waals surface area (Å²) in [6.45, 7) is 0. The first-order valence-electron chi connectivity index (χ1n) is 2.73. The first-order valence-corrected chi connectivity index (χ1v) is 3.11. The Balaban J connectivity index is 3.29. The summed E-state index contributed by atoms with van der Waals surface area (Å²) in [5.41, 5.74) is 0. The van der Waals surface area contributed by atoms with E-state index in [4.69, 9.17) is 16.7 Å². The number of hydrogen-bond acceptors (Lipinski definition) is 3. The fraction of sp³-hybridized carbons (Fsp3) is 0.167. The van der Waals surface area contributed by atoms with Crippen LogP contribution in [0, 0.1) is 5.82 Å². The maximum atomic E-state index is 12.8. The molecular weight excluding hydrogens is 173 g/mol. The summed E-state index contributed by atoms with van der Waals surface area (Å²) in [6.07, 6.45) is 1.02. The highest BCUT2D eigenvalue weighted by atomic mass is 35.5. The van der Waals surface area contributed by atoms with Crippen LogP contribution in [0.3, 0.4) is 0 Å². The van der Waals surface area contributed by atoms with Crippen molar-refractivity contribution in [1.82, 2.24) is 4.98 Å². The highest BCUT2D eigenvalue weighted by Gasteiger charge is 2.12. The highest BCUT2D eigenvalue weighted by Crippen LogP contribution is 2.30. The van der Waals surface area contributed by atoms with Gasteiger partial charge in [0.1, 0.15) is 0 Å². The van der Waals surface area contributed by atoms with Crippen molar-refractivity contribution in [2.24, 2.45) is 0 Å². The van der Waals surface area contributed by atoms with Gasteiger partial charge in [0.2, 0.25) is 11.6 Å². The number of pyridine rings is 1. The molecule has 0 spiro atoms. The van der Waals surface area contributed by atoms with E-state index in [9.17, 15) is 4.39 Å². The Morgan fingerprint density at radius 2 is 2.36 bits per heavy atom.